The third-order valence-electron chi connectivity index (χ3n) is 8.25. The highest BCUT2D eigenvalue weighted by molar-refractivity contribution is 6.20. The summed E-state index contributed by atoms with van der Waals surface area (Å²) in [6.45, 7) is 4.60. The minimum atomic E-state index is -1.66. The first-order valence-electron chi connectivity index (χ1n) is 12.7. The molecule has 4 aliphatic rings. The van der Waals surface area contributed by atoms with Gasteiger partial charge in [-0.05, 0) is 44.2 Å². The molecular weight excluding hydrogens is 469 g/mol. The van der Waals surface area contributed by atoms with E-state index in [4.69, 9.17) is 9.26 Å². The molecule has 0 bridgehead atoms. The number of amides is 4. The van der Waals surface area contributed by atoms with Gasteiger partial charge < -0.3 is 19.5 Å². The number of hydrogen-bond donors (Lipinski definition) is 3. The Morgan fingerprint density at radius 3 is 2.61 bits per heavy atom. The van der Waals surface area contributed by atoms with Gasteiger partial charge in [-0.15, -0.1) is 0 Å². The zero-order valence-electron chi connectivity index (χ0n) is 20.4. The van der Waals surface area contributed by atoms with Crippen LogP contribution in [-0.4, -0.2) is 54.3 Å². The molecule has 10 nitrogen and oxygen atoms in total. The molecule has 2 aromatic rings. The molecule has 36 heavy (non-hydrogen) atoms. The number of nitrogens with zero attached hydrogens (tertiary/aromatic N) is 2. The minimum absolute atomic E-state index is 0.0362. The molecule has 3 atom stereocenters. The van der Waals surface area contributed by atoms with Gasteiger partial charge in [-0.2, -0.15) is 0 Å². The lowest BCUT2D eigenvalue weighted by atomic mass is 9.66. The summed E-state index contributed by atoms with van der Waals surface area (Å²) in [4.78, 5) is 40.3. The van der Waals surface area contributed by atoms with E-state index in [1.165, 1.54) is 19.3 Å². The van der Waals surface area contributed by atoms with E-state index in [0.717, 1.165) is 19.4 Å². The van der Waals surface area contributed by atoms with E-state index in [2.05, 4.69) is 21.1 Å². The van der Waals surface area contributed by atoms with Gasteiger partial charge in [0, 0.05) is 19.5 Å². The van der Waals surface area contributed by atoms with E-state index in [-0.39, 0.29) is 30.3 Å². The van der Waals surface area contributed by atoms with Crippen LogP contribution in [0.2, 0.25) is 0 Å². The van der Waals surface area contributed by atoms with Crippen molar-refractivity contribution in [1.82, 2.24) is 15.8 Å². The lowest BCUT2D eigenvalue weighted by Gasteiger charge is -2.55. The number of anilines is 2. The smallest absolute Gasteiger partial charge is 0.328 e. The van der Waals surface area contributed by atoms with Crippen molar-refractivity contribution in [2.24, 2.45) is 11.3 Å². The number of morpholine rings is 1. The van der Waals surface area contributed by atoms with Crippen LogP contribution in [0.3, 0.4) is 0 Å². The average Bonchev–Trinajstić information content (AvgIpc) is 3.24. The molecule has 1 spiro atoms. The van der Waals surface area contributed by atoms with Crippen LogP contribution in [0.15, 0.2) is 10.6 Å². The van der Waals surface area contributed by atoms with Crippen LogP contribution in [0.4, 0.5) is 20.7 Å². The number of rotatable bonds is 3. The number of fused-ring (bicyclic) bond motifs is 5. The van der Waals surface area contributed by atoms with Crippen LogP contribution in [-0.2, 0) is 20.7 Å². The molecule has 3 fully saturated rings. The number of urea groups is 1. The summed E-state index contributed by atoms with van der Waals surface area (Å²) < 4.78 is 27.5. The molecule has 3 N–H and O–H groups in total. The number of barbiturate groups is 1. The number of imide groups is 2. The van der Waals surface area contributed by atoms with Crippen LogP contribution in [0, 0.1) is 17.2 Å². The fraction of sp³-hybridized carbons (Fsp3) is 0.600. The van der Waals surface area contributed by atoms with Crippen molar-refractivity contribution < 1.29 is 28.0 Å². The highest BCUT2D eigenvalue weighted by Crippen LogP contribution is 2.49. The topological polar surface area (TPSA) is 126 Å². The van der Waals surface area contributed by atoms with Crippen LogP contribution >= 0.6 is 0 Å². The number of nitrogens with one attached hydrogen (secondary N) is 3. The van der Waals surface area contributed by atoms with Crippen molar-refractivity contribution in [3.05, 3.63) is 17.4 Å². The van der Waals surface area contributed by atoms with Crippen molar-refractivity contribution in [1.29, 1.82) is 0 Å². The average molecular weight is 500 g/mol. The molecule has 0 unspecified atom stereocenters. The van der Waals surface area contributed by atoms with Gasteiger partial charge in [0.1, 0.15) is 0 Å². The lowest BCUT2D eigenvalue weighted by Crippen LogP contribution is -2.75. The normalized spacial score (nSPS) is 28.0. The van der Waals surface area contributed by atoms with Gasteiger partial charge in [0.25, 0.3) is 0 Å². The number of carbonyl (C=O) groups is 3. The van der Waals surface area contributed by atoms with Crippen LogP contribution < -0.4 is 20.9 Å². The number of halogens is 1. The molecule has 2 saturated heterocycles. The van der Waals surface area contributed by atoms with Crippen LogP contribution in [0.1, 0.15) is 51.5 Å². The summed E-state index contributed by atoms with van der Waals surface area (Å²) in [7, 11) is 0. The summed E-state index contributed by atoms with van der Waals surface area (Å²) in [5.74, 6) is -1.01. The Labute approximate surface area is 207 Å². The Kier molecular flexibility index (Phi) is 5.43. The van der Waals surface area contributed by atoms with E-state index in [1.807, 2.05) is 6.92 Å². The second-order valence-electron chi connectivity index (χ2n) is 10.6. The molecule has 1 aromatic carbocycles. The first-order chi connectivity index (χ1) is 17.3. The van der Waals surface area contributed by atoms with Gasteiger partial charge in [-0.25, -0.2) is 9.18 Å². The number of carbonyl (C=O) groups excluding carboxylic acids is 3. The van der Waals surface area contributed by atoms with Gasteiger partial charge >= 0.3 is 6.03 Å². The van der Waals surface area contributed by atoms with Gasteiger partial charge in [-0.3, -0.25) is 20.2 Å². The van der Waals surface area contributed by atoms with E-state index in [9.17, 15) is 14.4 Å². The summed E-state index contributed by atoms with van der Waals surface area (Å²) in [5.41, 5.74) is -0.851. The SMILES string of the molecule is C[C@H]1CN2c3c(cc4c(NCC5CCCCC5)noc4c3F)CC3(C(=O)NC(=O)NC3=O)[C@@H]2[C@@H](C)O1. The minimum Gasteiger partial charge on any atom is -0.372 e. The third kappa shape index (κ3) is 3.39. The third-order valence-corrected chi connectivity index (χ3v) is 8.25. The second kappa shape index (κ2) is 8.43. The fourth-order valence-corrected chi connectivity index (χ4v) is 6.71. The Balaban J connectivity index is 1.45. The zero-order chi connectivity index (χ0) is 25.2. The van der Waals surface area contributed by atoms with Crippen molar-refractivity contribution in [2.45, 2.75) is 70.6 Å². The van der Waals surface area contributed by atoms with Gasteiger partial charge in [0.05, 0.1) is 29.3 Å². The molecule has 192 valence electrons. The van der Waals surface area contributed by atoms with Crippen molar-refractivity contribution >= 4 is 40.3 Å². The molecule has 4 amide bonds. The largest absolute Gasteiger partial charge is 0.372 e. The van der Waals surface area contributed by atoms with Crippen LogP contribution in [0.25, 0.3) is 11.0 Å². The number of ether oxygens (including phenoxy) is 1. The number of hydrogen-bond acceptors (Lipinski definition) is 8. The molecule has 4 heterocycles. The summed E-state index contributed by atoms with van der Waals surface area (Å²) in [6, 6.07) is 0.0846. The number of aromatic nitrogens is 1. The number of benzene rings is 1. The van der Waals surface area contributed by atoms with Crippen molar-refractivity contribution in [2.75, 3.05) is 23.3 Å². The summed E-state index contributed by atoms with van der Waals surface area (Å²) in [5, 5.41) is 12.4. The second-order valence-corrected chi connectivity index (χ2v) is 10.6. The van der Waals surface area contributed by atoms with Gasteiger partial charge in [-0.1, -0.05) is 24.4 Å². The highest BCUT2D eigenvalue weighted by Gasteiger charge is 2.63. The first kappa shape index (κ1) is 23.2. The highest BCUT2D eigenvalue weighted by atomic mass is 19.1. The van der Waals surface area contributed by atoms with Crippen molar-refractivity contribution in [3.63, 3.8) is 0 Å². The van der Waals surface area contributed by atoms with Crippen LogP contribution in [0.5, 0.6) is 0 Å². The summed E-state index contributed by atoms with van der Waals surface area (Å²) >= 11 is 0. The van der Waals surface area contributed by atoms with Gasteiger partial charge in [0.15, 0.2) is 17.1 Å². The molecule has 3 aliphatic heterocycles. The van der Waals surface area contributed by atoms with E-state index in [1.54, 1.807) is 17.9 Å². The maximum Gasteiger partial charge on any atom is 0.328 e. The Bertz CT molecular complexity index is 1240. The van der Waals surface area contributed by atoms with Gasteiger partial charge in [0.2, 0.25) is 17.4 Å². The monoisotopic (exact) mass is 499 g/mol. The van der Waals surface area contributed by atoms with Crippen molar-refractivity contribution in [3.8, 4) is 0 Å². The Morgan fingerprint density at radius 1 is 1.17 bits per heavy atom. The molecule has 1 aliphatic carbocycles. The molecule has 1 aromatic heterocycles. The van der Waals surface area contributed by atoms with E-state index >= 15 is 4.39 Å². The standard InChI is InChI=1S/C25H30FN5O5/c1-12-11-31-18-15(9-25(20(31)13(2)35-12)22(32)28-24(34)29-23(25)33)8-16-19(17(18)26)36-30-21(16)27-10-14-6-4-3-5-7-14/h8,12-14,20H,3-7,9-11H2,1-2H3,(H,27,30)(H2,28,29,32,33,34)/t12-,13+,20-/m0/s1. The molecule has 11 heteroatoms. The predicted octanol–water partition coefficient (Wildman–Crippen LogP) is 2.85. The maximum atomic E-state index is 16.1. The zero-order valence-corrected chi connectivity index (χ0v) is 20.4. The predicted molar refractivity (Wildman–Crippen MR) is 128 cm³/mol. The van der Waals surface area contributed by atoms with E-state index in [0.29, 0.717) is 22.7 Å². The lowest BCUT2D eigenvalue weighted by molar-refractivity contribution is -0.153. The molecule has 1 saturated carbocycles. The summed E-state index contributed by atoms with van der Waals surface area (Å²) in [6.07, 6.45) is 5.03. The maximum absolute atomic E-state index is 16.1. The fourth-order valence-electron chi connectivity index (χ4n) is 6.71. The first-order valence-corrected chi connectivity index (χ1v) is 12.7. The molecule has 6 rings (SSSR count). The Morgan fingerprint density at radius 2 is 1.89 bits per heavy atom. The molecular formula is C25H30FN5O5. The van der Waals surface area contributed by atoms with E-state index < -0.39 is 41.2 Å². The quantitative estimate of drug-likeness (QED) is 0.551. The Hall–Kier alpha value is -3.21. The molecule has 0 radical (unpaired) electrons.